The molecule has 0 aromatic heterocycles. The molecule has 0 bridgehead atoms. The summed E-state index contributed by atoms with van der Waals surface area (Å²) in [7, 11) is 2.68. The highest BCUT2D eigenvalue weighted by Gasteiger charge is 2.36. The van der Waals surface area contributed by atoms with Crippen molar-refractivity contribution in [2.24, 2.45) is 0 Å². The third-order valence-electron chi connectivity index (χ3n) is 1.80. The molecule has 0 spiro atoms. The minimum absolute atomic E-state index is 0.885. The summed E-state index contributed by atoms with van der Waals surface area (Å²) in [6.07, 6.45) is 3.59. The molecule has 16 heavy (non-hydrogen) atoms. The number of carboxylic acids is 1. The second kappa shape index (κ2) is 10.8. The largest absolute Gasteiger partial charge is 0.500 e. The second-order valence-corrected chi connectivity index (χ2v) is 5.97. The highest BCUT2D eigenvalue weighted by atomic mass is 28.4. The van der Waals surface area contributed by atoms with Gasteiger partial charge in [-0.05, 0) is 6.92 Å². The Morgan fingerprint density at radius 1 is 1.25 bits per heavy atom. The topological polar surface area (TPSA) is 65.0 Å². The summed E-state index contributed by atoms with van der Waals surface area (Å²) < 4.78 is 15.5. The van der Waals surface area contributed by atoms with Gasteiger partial charge in [-0.1, -0.05) is 19.4 Å². The number of carbonyl (C=O) groups is 1. The Hall–Kier alpha value is -0.693. The molecule has 0 aliphatic rings. The summed E-state index contributed by atoms with van der Waals surface area (Å²) in [5.41, 5.74) is 0. The minimum atomic E-state index is -2.22. The molecule has 0 aliphatic heterocycles. The lowest BCUT2D eigenvalue weighted by Crippen LogP contribution is -2.42. The van der Waals surface area contributed by atoms with Crippen LogP contribution in [0.4, 0.5) is 0 Å². The van der Waals surface area contributed by atoms with Gasteiger partial charge in [-0.2, -0.15) is 0 Å². The van der Waals surface area contributed by atoms with Crippen LogP contribution in [0.3, 0.4) is 0 Å². The predicted molar refractivity (Wildman–Crippen MR) is 64.3 cm³/mol. The Morgan fingerprint density at radius 2 is 1.69 bits per heavy atom. The molecule has 0 amide bonds. The van der Waals surface area contributed by atoms with Crippen molar-refractivity contribution >= 4 is 14.8 Å². The summed E-state index contributed by atoms with van der Waals surface area (Å²) in [5, 5.41) is 7.83. The zero-order valence-corrected chi connectivity index (χ0v) is 11.6. The zero-order valence-electron chi connectivity index (χ0n) is 10.6. The van der Waals surface area contributed by atoms with Crippen molar-refractivity contribution in [3.05, 3.63) is 12.2 Å². The number of allylic oxidation sites excluding steroid dienone is 1. The fraction of sp³-hybridized carbons (Fsp3) is 0.700. The van der Waals surface area contributed by atoms with Crippen molar-refractivity contribution in [3.63, 3.8) is 0 Å². The first-order chi connectivity index (χ1) is 7.51. The highest BCUT2D eigenvalue weighted by molar-refractivity contribution is 6.60. The van der Waals surface area contributed by atoms with E-state index in [1.165, 1.54) is 6.08 Å². The van der Waals surface area contributed by atoms with E-state index in [1.54, 1.807) is 28.3 Å². The third kappa shape index (κ3) is 8.60. The van der Waals surface area contributed by atoms with Crippen molar-refractivity contribution in [3.8, 4) is 0 Å². The molecule has 0 fully saturated rings. The Labute approximate surface area is 98.4 Å². The first kappa shape index (κ1) is 17.7. The molecule has 0 aromatic carbocycles. The van der Waals surface area contributed by atoms with Crippen molar-refractivity contribution in [2.75, 3.05) is 21.3 Å². The molecule has 0 aromatic rings. The van der Waals surface area contributed by atoms with Crippen LogP contribution in [0.1, 0.15) is 20.3 Å². The van der Waals surface area contributed by atoms with Crippen LogP contribution in [0.5, 0.6) is 0 Å². The lowest BCUT2D eigenvalue weighted by Gasteiger charge is -2.23. The summed E-state index contributed by atoms with van der Waals surface area (Å²) in [6, 6.07) is 0.885. The fourth-order valence-corrected chi connectivity index (χ4v) is 2.73. The summed E-state index contributed by atoms with van der Waals surface area (Å²) in [4.78, 5) is 9.51. The maximum absolute atomic E-state index is 9.51. The van der Waals surface area contributed by atoms with E-state index in [0.717, 1.165) is 18.5 Å². The van der Waals surface area contributed by atoms with Crippen molar-refractivity contribution in [1.29, 1.82) is 0 Å². The van der Waals surface area contributed by atoms with Gasteiger partial charge < -0.3 is 18.4 Å². The maximum Gasteiger partial charge on any atom is 0.500 e. The second-order valence-electron chi connectivity index (χ2n) is 2.88. The van der Waals surface area contributed by atoms with Crippen LogP contribution in [0.25, 0.3) is 0 Å². The normalized spacial score (nSPS) is 11.1. The van der Waals surface area contributed by atoms with E-state index in [-0.39, 0.29) is 0 Å². The summed E-state index contributed by atoms with van der Waals surface area (Å²) in [6.45, 7) is 3.74. The molecule has 0 saturated carbocycles. The van der Waals surface area contributed by atoms with E-state index in [4.69, 9.17) is 18.4 Å². The smallest absolute Gasteiger partial charge is 0.478 e. The van der Waals surface area contributed by atoms with Crippen LogP contribution in [0, 0.1) is 0 Å². The van der Waals surface area contributed by atoms with Crippen LogP contribution in [0.15, 0.2) is 12.2 Å². The van der Waals surface area contributed by atoms with Gasteiger partial charge in [0.25, 0.3) is 0 Å². The number of carboxylic acid groups (broad SMARTS) is 1. The number of hydrogen-bond donors (Lipinski definition) is 1. The average Bonchev–Trinajstić information content (AvgIpc) is 2.27. The van der Waals surface area contributed by atoms with E-state index < -0.39 is 14.8 Å². The number of aliphatic carboxylic acids is 1. The molecule has 0 rings (SSSR count). The van der Waals surface area contributed by atoms with Crippen LogP contribution in [0.2, 0.25) is 6.04 Å². The van der Waals surface area contributed by atoms with Gasteiger partial charge in [0.15, 0.2) is 0 Å². The van der Waals surface area contributed by atoms with Crippen molar-refractivity contribution in [2.45, 2.75) is 26.3 Å². The maximum atomic E-state index is 9.51. The average molecular weight is 250 g/mol. The molecule has 1 N–H and O–H groups in total. The lowest BCUT2D eigenvalue weighted by molar-refractivity contribution is -0.131. The molecule has 0 radical (unpaired) electrons. The summed E-state index contributed by atoms with van der Waals surface area (Å²) in [5.74, 6) is -0.891. The van der Waals surface area contributed by atoms with Gasteiger partial charge in [0, 0.05) is 33.4 Å². The predicted octanol–water partition coefficient (Wildman–Crippen LogP) is 1.92. The van der Waals surface area contributed by atoms with Crippen LogP contribution in [-0.4, -0.2) is 41.2 Å². The highest BCUT2D eigenvalue weighted by Crippen LogP contribution is 2.13. The molecule has 0 atom stereocenters. The van der Waals surface area contributed by atoms with Crippen LogP contribution >= 0.6 is 0 Å². The van der Waals surface area contributed by atoms with Crippen LogP contribution in [-0.2, 0) is 18.1 Å². The van der Waals surface area contributed by atoms with Gasteiger partial charge in [0.05, 0.1) is 0 Å². The zero-order chi connectivity index (χ0) is 13.0. The van der Waals surface area contributed by atoms with Gasteiger partial charge in [-0.3, -0.25) is 0 Å². The molecule has 6 heteroatoms. The lowest BCUT2D eigenvalue weighted by atomic mass is 10.5. The van der Waals surface area contributed by atoms with E-state index >= 15 is 0 Å². The number of rotatable bonds is 6. The third-order valence-corrected chi connectivity index (χ3v) is 4.78. The molecule has 0 heterocycles. The van der Waals surface area contributed by atoms with E-state index in [9.17, 15) is 4.79 Å². The van der Waals surface area contributed by atoms with Gasteiger partial charge in [0.2, 0.25) is 0 Å². The van der Waals surface area contributed by atoms with Gasteiger partial charge >= 0.3 is 14.8 Å². The molecule has 5 nitrogen and oxygen atoms in total. The fourth-order valence-electron chi connectivity index (χ4n) is 1.00. The standard InChI is InChI=1S/C6H16O3Si.C4H6O2/c1-5-6-10(7-2,8-3)9-4;1-2-3-4(5)6/h5-6H2,1-4H3;2-3H,1H3,(H,5,6). The Morgan fingerprint density at radius 3 is 1.75 bits per heavy atom. The van der Waals surface area contributed by atoms with Crippen molar-refractivity contribution in [1.82, 2.24) is 0 Å². The molecule has 0 aliphatic carbocycles. The van der Waals surface area contributed by atoms with E-state index in [0.29, 0.717) is 0 Å². The Bertz CT molecular complexity index is 193. The summed E-state index contributed by atoms with van der Waals surface area (Å²) >= 11 is 0. The van der Waals surface area contributed by atoms with Crippen molar-refractivity contribution < 1.29 is 23.2 Å². The molecule has 0 saturated heterocycles. The number of hydrogen-bond acceptors (Lipinski definition) is 4. The van der Waals surface area contributed by atoms with Gasteiger partial charge in [-0.25, -0.2) is 4.79 Å². The van der Waals surface area contributed by atoms with Gasteiger partial charge in [0.1, 0.15) is 0 Å². The molecular weight excluding hydrogens is 228 g/mol. The Kier molecular flexibility index (Phi) is 12.0. The Balaban J connectivity index is 0. The van der Waals surface area contributed by atoms with Gasteiger partial charge in [-0.15, -0.1) is 0 Å². The first-order valence-corrected chi connectivity index (χ1v) is 6.96. The quantitative estimate of drug-likeness (QED) is 0.576. The van der Waals surface area contributed by atoms with E-state index in [2.05, 4.69) is 6.92 Å². The minimum Gasteiger partial charge on any atom is -0.478 e. The monoisotopic (exact) mass is 250 g/mol. The molecular formula is C10H22O5Si. The SMILES string of the molecule is CC=CC(=O)O.CCC[Si](OC)(OC)OC. The van der Waals surface area contributed by atoms with Crippen LogP contribution < -0.4 is 0 Å². The molecule has 0 unspecified atom stereocenters. The molecule has 96 valence electrons. The van der Waals surface area contributed by atoms with E-state index in [1.807, 2.05) is 0 Å². The first-order valence-electron chi connectivity index (χ1n) is 5.02.